The minimum absolute atomic E-state index is 0. The minimum Gasteiger partial charge on any atom is -0.465 e. The second-order valence-electron chi connectivity index (χ2n) is 5.88. The van der Waals surface area contributed by atoms with Crippen LogP contribution in [0.1, 0.15) is 17.4 Å². The molecule has 1 unspecified atom stereocenters. The average molecular weight is 478 g/mol. The molecule has 0 spiro atoms. The SMILES string of the molecule is Cc1cc(C(NC(=O)N2CCNCC2)Oc2cccnc2)ccc1Br.Cl.Cl. The van der Waals surface area contributed by atoms with Gasteiger partial charge in [0, 0.05) is 42.4 Å². The lowest BCUT2D eigenvalue weighted by atomic mass is 10.1. The number of carbonyl (C=O) groups excluding carboxylic acids is 1. The highest BCUT2D eigenvalue weighted by Crippen LogP contribution is 2.24. The van der Waals surface area contributed by atoms with Crippen molar-refractivity contribution >= 4 is 46.8 Å². The molecule has 148 valence electrons. The summed E-state index contributed by atoms with van der Waals surface area (Å²) >= 11 is 3.51. The molecule has 0 saturated carbocycles. The van der Waals surface area contributed by atoms with Gasteiger partial charge in [0.15, 0.2) is 6.23 Å². The maximum absolute atomic E-state index is 12.6. The highest BCUT2D eigenvalue weighted by Gasteiger charge is 2.22. The molecule has 1 fully saturated rings. The van der Waals surface area contributed by atoms with Crippen molar-refractivity contribution in [2.24, 2.45) is 0 Å². The van der Waals surface area contributed by atoms with E-state index in [9.17, 15) is 4.79 Å². The van der Waals surface area contributed by atoms with Crippen LogP contribution in [0.3, 0.4) is 0 Å². The molecule has 2 amide bonds. The van der Waals surface area contributed by atoms with Crippen molar-refractivity contribution in [3.8, 4) is 5.75 Å². The quantitative estimate of drug-likeness (QED) is 0.659. The van der Waals surface area contributed by atoms with Gasteiger partial charge in [0.1, 0.15) is 5.75 Å². The first-order valence-electron chi connectivity index (χ1n) is 8.22. The van der Waals surface area contributed by atoms with Crippen LogP contribution in [0.2, 0.25) is 0 Å². The smallest absolute Gasteiger partial charge is 0.320 e. The van der Waals surface area contributed by atoms with E-state index in [1.807, 2.05) is 31.2 Å². The van der Waals surface area contributed by atoms with Crippen LogP contribution in [0.25, 0.3) is 0 Å². The van der Waals surface area contributed by atoms with E-state index in [1.54, 1.807) is 23.4 Å². The van der Waals surface area contributed by atoms with Gasteiger partial charge in [0.2, 0.25) is 0 Å². The van der Waals surface area contributed by atoms with Crippen LogP contribution < -0.4 is 15.4 Å². The molecule has 1 saturated heterocycles. The first kappa shape index (κ1) is 23.5. The van der Waals surface area contributed by atoms with Crippen LogP contribution in [-0.4, -0.2) is 42.1 Å². The standard InChI is InChI=1S/C18H21BrN4O2.2ClH/c1-13-11-14(4-5-16(13)19)17(25-15-3-2-6-21-12-15)22-18(24)23-9-7-20-8-10-23;;/h2-6,11-12,17,20H,7-10H2,1H3,(H,22,24);2*1H. The van der Waals surface area contributed by atoms with Gasteiger partial charge in [-0.1, -0.05) is 22.0 Å². The van der Waals surface area contributed by atoms with Crippen LogP contribution >= 0.6 is 40.7 Å². The molecule has 9 heteroatoms. The maximum atomic E-state index is 12.6. The van der Waals surface area contributed by atoms with Crippen LogP contribution in [-0.2, 0) is 0 Å². The molecular formula is C18H23BrCl2N4O2. The third kappa shape index (κ3) is 6.53. The number of aromatic nitrogens is 1. The highest BCUT2D eigenvalue weighted by molar-refractivity contribution is 9.10. The van der Waals surface area contributed by atoms with Crippen molar-refractivity contribution in [2.75, 3.05) is 26.2 Å². The molecule has 2 aromatic rings. The Hall–Kier alpha value is -1.54. The van der Waals surface area contributed by atoms with Gasteiger partial charge in [-0.05, 0) is 36.8 Å². The molecule has 2 N–H and O–H groups in total. The van der Waals surface area contributed by atoms with Gasteiger partial charge in [0.05, 0.1) is 6.20 Å². The lowest BCUT2D eigenvalue weighted by Gasteiger charge is -2.30. The fraction of sp³-hybridized carbons (Fsp3) is 0.333. The summed E-state index contributed by atoms with van der Waals surface area (Å²) in [6.45, 7) is 4.99. The van der Waals surface area contributed by atoms with E-state index in [4.69, 9.17) is 4.74 Å². The van der Waals surface area contributed by atoms with E-state index in [-0.39, 0.29) is 30.8 Å². The predicted octanol–water partition coefficient (Wildman–Crippen LogP) is 3.69. The summed E-state index contributed by atoms with van der Waals surface area (Å²) in [6.07, 6.45) is 2.74. The summed E-state index contributed by atoms with van der Waals surface area (Å²) < 4.78 is 7.02. The lowest BCUT2D eigenvalue weighted by Crippen LogP contribution is -2.51. The summed E-state index contributed by atoms with van der Waals surface area (Å²) in [4.78, 5) is 18.5. The highest BCUT2D eigenvalue weighted by atomic mass is 79.9. The number of amides is 2. The van der Waals surface area contributed by atoms with Crippen molar-refractivity contribution in [1.29, 1.82) is 0 Å². The lowest BCUT2D eigenvalue weighted by molar-refractivity contribution is 0.139. The van der Waals surface area contributed by atoms with Gasteiger partial charge in [-0.3, -0.25) is 10.3 Å². The number of carbonyl (C=O) groups is 1. The van der Waals surface area contributed by atoms with E-state index < -0.39 is 6.23 Å². The maximum Gasteiger partial charge on any atom is 0.320 e. The number of hydrogen-bond acceptors (Lipinski definition) is 4. The molecule has 0 bridgehead atoms. The minimum atomic E-state index is -0.585. The Labute approximate surface area is 180 Å². The Bertz CT molecular complexity index is 731. The largest absolute Gasteiger partial charge is 0.465 e. The normalized spacial score (nSPS) is 14.4. The molecule has 1 atom stereocenters. The Morgan fingerprint density at radius 3 is 2.67 bits per heavy atom. The molecule has 0 aliphatic carbocycles. The van der Waals surface area contributed by atoms with E-state index >= 15 is 0 Å². The fourth-order valence-corrected chi connectivity index (χ4v) is 2.88. The van der Waals surface area contributed by atoms with Gasteiger partial charge < -0.3 is 15.0 Å². The second-order valence-corrected chi connectivity index (χ2v) is 6.74. The number of hydrogen-bond donors (Lipinski definition) is 2. The predicted molar refractivity (Wildman–Crippen MR) is 114 cm³/mol. The van der Waals surface area contributed by atoms with Gasteiger partial charge >= 0.3 is 6.03 Å². The third-order valence-corrected chi connectivity index (χ3v) is 4.92. The third-order valence-electron chi connectivity index (χ3n) is 4.03. The summed E-state index contributed by atoms with van der Waals surface area (Å²) in [6, 6.07) is 9.40. The molecule has 3 rings (SSSR count). The van der Waals surface area contributed by atoms with Crippen molar-refractivity contribution < 1.29 is 9.53 Å². The number of halogens is 3. The molecule has 1 aromatic carbocycles. The Morgan fingerprint density at radius 1 is 1.30 bits per heavy atom. The summed E-state index contributed by atoms with van der Waals surface area (Å²) in [7, 11) is 0. The van der Waals surface area contributed by atoms with E-state index in [1.165, 1.54) is 0 Å². The number of benzene rings is 1. The molecule has 0 radical (unpaired) electrons. The number of piperazine rings is 1. The van der Waals surface area contributed by atoms with Crippen molar-refractivity contribution in [3.05, 3.63) is 58.3 Å². The van der Waals surface area contributed by atoms with Crippen LogP contribution in [0, 0.1) is 6.92 Å². The van der Waals surface area contributed by atoms with Gasteiger partial charge in [-0.15, -0.1) is 24.8 Å². The van der Waals surface area contributed by atoms with Crippen molar-refractivity contribution in [3.63, 3.8) is 0 Å². The van der Waals surface area contributed by atoms with Gasteiger partial charge in [-0.25, -0.2) is 4.79 Å². The number of pyridine rings is 1. The van der Waals surface area contributed by atoms with E-state index in [0.29, 0.717) is 18.8 Å². The van der Waals surface area contributed by atoms with E-state index in [0.717, 1.165) is 28.7 Å². The zero-order chi connectivity index (χ0) is 17.6. The number of aryl methyl sites for hydroxylation is 1. The summed E-state index contributed by atoms with van der Waals surface area (Å²) in [5, 5.41) is 6.23. The topological polar surface area (TPSA) is 66.5 Å². The van der Waals surface area contributed by atoms with E-state index in [2.05, 4.69) is 31.5 Å². The number of urea groups is 1. The number of rotatable bonds is 4. The second kappa shape index (κ2) is 11.3. The average Bonchev–Trinajstić information content (AvgIpc) is 2.65. The molecule has 6 nitrogen and oxygen atoms in total. The van der Waals surface area contributed by atoms with Crippen LogP contribution in [0.5, 0.6) is 5.75 Å². The first-order valence-corrected chi connectivity index (χ1v) is 9.01. The van der Waals surface area contributed by atoms with Gasteiger partial charge in [0.25, 0.3) is 0 Å². The molecule has 1 aliphatic heterocycles. The van der Waals surface area contributed by atoms with Crippen LogP contribution in [0.4, 0.5) is 4.79 Å². The number of nitrogens with one attached hydrogen (secondary N) is 2. The van der Waals surface area contributed by atoms with Crippen molar-refractivity contribution in [1.82, 2.24) is 20.5 Å². The number of ether oxygens (including phenoxy) is 1. The Balaban J connectivity index is 0.00000182. The Morgan fingerprint density at radius 2 is 2.04 bits per heavy atom. The zero-order valence-corrected chi connectivity index (χ0v) is 18.1. The van der Waals surface area contributed by atoms with Crippen LogP contribution in [0.15, 0.2) is 47.2 Å². The summed E-state index contributed by atoms with van der Waals surface area (Å²) in [5.74, 6) is 0.605. The van der Waals surface area contributed by atoms with Gasteiger partial charge in [-0.2, -0.15) is 0 Å². The molecular weight excluding hydrogens is 455 g/mol. The molecule has 27 heavy (non-hydrogen) atoms. The molecule has 2 heterocycles. The Kier molecular flexibility index (Phi) is 9.87. The molecule has 1 aromatic heterocycles. The van der Waals surface area contributed by atoms with Crippen molar-refractivity contribution in [2.45, 2.75) is 13.2 Å². The zero-order valence-electron chi connectivity index (χ0n) is 14.9. The first-order chi connectivity index (χ1) is 12.1. The fourth-order valence-electron chi connectivity index (χ4n) is 2.64. The number of nitrogens with zero attached hydrogens (tertiary/aromatic N) is 2. The summed E-state index contributed by atoms with van der Waals surface area (Å²) in [5.41, 5.74) is 1.96. The molecule has 1 aliphatic rings. The monoisotopic (exact) mass is 476 g/mol.